The lowest BCUT2D eigenvalue weighted by atomic mass is 10.0. The fourth-order valence-electron chi connectivity index (χ4n) is 2.18. The summed E-state index contributed by atoms with van der Waals surface area (Å²) in [5.74, 6) is -0.166. The van der Waals surface area contributed by atoms with E-state index in [-0.39, 0.29) is 11.9 Å². The fourth-order valence-corrected chi connectivity index (χ4v) is 3.02. The smallest absolute Gasteiger partial charge is 0.126 e. The monoisotopic (exact) mass is 293 g/mol. The maximum Gasteiger partial charge on any atom is 0.126 e. The van der Waals surface area contributed by atoms with Crippen LogP contribution in [0.15, 0.2) is 18.2 Å². The van der Waals surface area contributed by atoms with E-state index in [4.69, 9.17) is 0 Å². The molecule has 20 heavy (non-hydrogen) atoms. The Kier molecular flexibility index (Phi) is 5.20. The van der Waals surface area contributed by atoms with E-state index in [1.165, 1.54) is 17.6 Å². The van der Waals surface area contributed by atoms with Gasteiger partial charge in [-0.15, -0.1) is 5.10 Å². The van der Waals surface area contributed by atoms with E-state index < -0.39 is 0 Å². The summed E-state index contributed by atoms with van der Waals surface area (Å²) in [6, 6.07) is 5.33. The summed E-state index contributed by atoms with van der Waals surface area (Å²) in [7, 11) is 0. The third kappa shape index (κ3) is 3.22. The van der Waals surface area contributed by atoms with Crippen molar-refractivity contribution in [2.24, 2.45) is 0 Å². The molecule has 1 aromatic carbocycles. The van der Waals surface area contributed by atoms with Crippen molar-refractivity contribution in [1.82, 2.24) is 14.9 Å². The summed E-state index contributed by atoms with van der Waals surface area (Å²) in [4.78, 5) is 1.13. The largest absolute Gasteiger partial charge is 0.305 e. The lowest BCUT2D eigenvalue weighted by molar-refractivity contribution is 0.592. The summed E-state index contributed by atoms with van der Waals surface area (Å²) < 4.78 is 17.5. The zero-order valence-electron chi connectivity index (χ0n) is 12.1. The molecule has 0 fully saturated rings. The van der Waals surface area contributed by atoms with Crippen LogP contribution in [0.4, 0.5) is 4.39 Å². The predicted octanol–water partition coefficient (Wildman–Crippen LogP) is 3.64. The van der Waals surface area contributed by atoms with Gasteiger partial charge < -0.3 is 5.32 Å². The predicted molar refractivity (Wildman–Crippen MR) is 80.6 cm³/mol. The van der Waals surface area contributed by atoms with E-state index in [1.807, 2.05) is 12.1 Å². The minimum atomic E-state index is -0.166. The van der Waals surface area contributed by atoms with Crippen molar-refractivity contribution in [2.45, 2.75) is 39.7 Å². The summed E-state index contributed by atoms with van der Waals surface area (Å²) in [6.07, 6.45) is 1.90. The quantitative estimate of drug-likeness (QED) is 0.883. The first-order valence-electron chi connectivity index (χ1n) is 6.97. The molecule has 108 valence electrons. The number of nitrogens with zero attached hydrogens (tertiary/aromatic N) is 2. The first-order chi connectivity index (χ1) is 9.67. The summed E-state index contributed by atoms with van der Waals surface area (Å²) in [5, 5.41) is 7.70. The lowest BCUT2D eigenvalue weighted by Gasteiger charge is -2.18. The standard InChI is InChI=1S/C15H20FN3S/c1-4-8-17-14(15-13(5-2)18-19-20-15)11-6-7-12(16)10(3)9-11/h6-7,9,14,17H,4-5,8H2,1-3H3. The number of halogens is 1. The second kappa shape index (κ2) is 6.90. The van der Waals surface area contributed by atoms with E-state index >= 15 is 0 Å². The van der Waals surface area contributed by atoms with Gasteiger partial charge in [-0.2, -0.15) is 0 Å². The van der Waals surface area contributed by atoms with Crippen molar-refractivity contribution in [1.29, 1.82) is 0 Å². The topological polar surface area (TPSA) is 37.8 Å². The Morgan fingerprint density at radius 1 is 1.35 bits per heavy atom. The number of nitrogens with one attached hydrogen (secondary N) is 1. The van der Waals surface area contributed by atoms with Crippen LogP contribution in [0.2, 0.25) is 0 Å². The minimum absolute atomic E-state index is 0.0456. The molecular formula is C15H20FN3S. The van der Waals surface area contributed by atoms with Crippen molar-refractivity contribution in [3.63, 3.8) is 0 Å². The highest BCUT2D eigenvalue weighted by Gasteiger charge is 2.20. The van der Waals surface area contributed by atoms with Gasteiger partial charge in [0.05, 0.1) is 16.6 Å². The molecule has 0 amide bonds. The van der Waals surface area contributed by atoms with Crippen LogP contribution in [0, 0.1) is 12.7 Å². The van der Waals surface area contributed by atoms with Gasteiger partial charge in [0.15, 0.2) is 0 Å². The second-order valence-electron chi connectivity index (χ2n) is 4.83. The van der Waals surface area contributed by atoms with E-state index in [9.17, 15) is 4.39 Å². The number of benzene rings is 1. The van der Waals surface area contributed by atoms with Crippen molar-refractivity contribution < 1.29 is 4.39 Å². The average molecular weight is 293 g/mol. The third-order valence-corrected chi connectivity index (χ3v) is 4.13. The Morgan fingerprint density at radius 3 is 2.80 bits per heavy atom. The van der Waals surface area contributed by atoms with Crippen molar-refractivity contribution in [2.75, 3.05) is 6.54 Å². The molecule has 0 saturated heterocycles. The fraction of sp³-hybridized carbons (Fsp3) is 0.467. The van der Waals surface area contributed by atoms with Crippen LogP contribution < -0.4 is 5.32 Å². The molecule has 0 aliphatic heterocycles. The number of aryl methyl sites for hydroxylation is 2. The summed E-state index contributed by atoms with van der Waals surface area (Å²) in [5.41, 5.74) is 2.75. The Morgan fingerprint density at radius 2 is 2.15 bits per heavy atom. The maximum atomic E-state index is 13.5. The highest BCUT2D eigenvalue weighted by atomic mass is 32.1. The number of hydrogen-bond acceptors (Lipinski definition) is 4. The molecule has 1 aromatic heterocycles. The van der Waals surface area contributed by atoms with Crippen LogP contribution in [-0.4, -0.2) is 16.1 Å². The molecule has 0 bridgehead atoms. The van der Waals surface area contributed by atoms with Crippen LogP contribution in [0.25, 0.3) is 0 Å². The van der Waals surface area contributed by atoms with Crippen LogP contribution in [0.1, 0.15) is 48.0 Å². The van der Waals surface area contributed by atoms with E-state index in [2.05, 4.69) is 28.8 Å². The van der Waals surface area contributed by atoms with Gasteiger partial charge in [-0.1, -0.05) is 30.5 Å². The Balaban J connectivity index is 2.38. The normalized spacial score (nSPS) is 12.6. The van der Waals surface area contributed by atoms with Gasteiger partial charge in [0.1, 0.15) is 5.82 Å². The van der Waals surface area contributed by atoms with Gasteiger partial charge in [0.25, 0.3) is 0 Å². The zero-order chi connectivity index (χ0) is 14.5. The van der Waals surface area contributed by atoms with Crippen molar-refractivity contribution in [3.8, 4) is 0 Å². The van der Waals surface area contributed by atoms with Gasteiger partial charge in [0.2, 0.25) is 0 Å². The Hall–Kier alpha value is -1.33. The molecule has 5 heteroatoms. The molecule has 1 N–H and O–H groups in total. The van der Waals surface area contributed by atoms with Gasteiger partial charge >= 0.3 is 0 Å². The minimum Gasteiger partial charge on any atom is -0.305 e. The van der Waals surface area contributed by atoms with E-state index in [0.717, 1.165) is 35.5 Å². The number of aromatic nitrogens is 2. The molecule has 0 saturated carbocycles. The highest BCUT2D eigenvalue weighted by molar-refractivity contribution is 7.05. The molecule has 2 aromatic rings. The third-order valence-electron chi connectivity index (χ3n) is 3.30. The molecule has 0 radical (unpaired) electrons. The van der Waals surface area contributed by atoms with Crippen LogP contribution in [0.3, 0.4) is 0 Å². The van der Waals surface area contributed by atoms with E-state index in [1.54, 1.807) is 6.92 Å². The van der Waals surface area contributed by atoms with Gasteiger partial charge in [-0.3, -0.25) is 0 Å². The number of hydrogen-bond donors (Lipinski definition) is 1. The molecular weight excluding hydrogens is 273 g/mol. The maximum absolute atomic E-state index is 13.5. The van der Waals surface area contributed by atoms with E-state index in [0.29, 0.717) is 5.56 Å². The molecule has 0 aliphatic carbocycles. The molecule has 1 unspecified atom stereocenters. The van der Waals surface area contributed by atoms with Crippen molar-refractivity contribution in [3.05, 3.63) is 45.7 Å². The second-order valence-corrected chi connectivity index (χ2v) is 5.62. The highest BCUT2D eigenvalue weighted by Crippen LogP contribution is 2.28. The first-order valence-corrected chi connectivity index (χ1v) is 7.75. The Bertz CT molecular complexity index is 568. The summed E-state index contributed by atoms with van der Waals surface area (Å²) in [6.45, 7) is 6.90. The van der Waals surface area contributed by atoms with Gasteiger partial charge in [-0.05, 0) is 55.0 Å². The molecule has 1 heterocycles. The zero-order valence-corrected chi connectivity index (χ0v) is 12.9. The van der Waals surface area contributed by atoms with Crippen LogP contribution in [-0.2, 0) is 6.42 Å². The molecule has 1 atom stereocenters. The van der Waals surface area contributed by atoms with Crippen molar-refractivity contribution >= 4 is 11.5 Å². The SMILES string of the molecule is CCCNC(c1ccc(F)c(C)c1)c1snnc1CC. The van der Waals surface area contributed by atoms with Gasteiger partial charge in [-0.25, -0.2) is 4.39 Å². The molecule has 2 rings (SSSR count). The average Bonchev–Trinajstić information content (AvgIpc) is 2.91. The number of rotatable bonds is 6. The van der Waals surface area contributed by atoms with Gasteiger partial charge in [0, 0.05) is 0 Å². The molecule has 3 nitrogen and oxygen atoms in total. The van der Waals surface area contributed by atoms with Crippen LogP contribution in [0.5, 0.6) is 0 Å². The molecule has 0 aliphatic rings. The first kappa shape index (κ1) is 15.1. The lowest BCUT2D eigenvalue weighted by Crippen LogP contribution is -2.23. The molecule has 0 spiro atoms. The van der Waals surface area contributed by atoms with Crippen LogP contribution >= 0.6 is 11.5 Å². The summed E-state index contributed by atoms with van der Waals surface area (Å²) >= 11 is 1.42. The Labute approximate surface area is 123 Å².